The van der Waals surface area contributed by atoms with Crippen LogP contribution in [0.4, 0.5) is 5.69 Å². The number of benzene rings is 1. The molecule has 1 aromatic heterocycles. The third-order valence-corrected chi connectivity index (χ3v) is 2.49. The van der Waals surface area contributed by atoms with Crippen molar-refractivity contribution in [1.29, 1.82) is 0 Å². The maximum Gasteiger partial charge on any atom is 0.0582 e. The number of halogens is 1. The van der Waals surface area contributed by atoms with Gasteiger partial charge in [-0.2, -0.15) is 5.10 Å². The summed E-state index contributed by atoms with van der Waals surface area (Å²) in [6.07, 6.45) is 3.89. The van der Waals surface area contributed by atoms with Crippen LogP contribution in [0.15, 0.2) is 36.7 Å². The quantitative estimate of drug-likeness (QED) is 0.883. The maximum atomic E-state index is 5.89. The van der Waals surface area contributed by atoms with Gasteiger partial charge in [-0.15, -0.1) is 0 Å². The lowest BCUT2D eigenvalue weighted by molar-refractivity contribution is 0.637. The molecule has 0 aliphatic carbocycles. The molecular weight excluding hydrogens is 222 g/mol. The first kappa shape index (κ1) is 11.0. The molecule has 0 fully saturated rings. The normalized spacial score (nSPS) is 10.4. The van der Waals surface area contributed by atoms with Gasteiger partial charge in [-0.3, -0.25) is 4.68 Å². The van der Waals surface area contributed by atoms with E-state index in [9.17, 15) is 0 Å². The third kappa shape index (κ3) is 3.00. The first-order chi connectivity index (χ1) is 7.74. The predicted molar refractivity (Wildman–Crippen MR) is 66.9 cm³/mol. The van der Waals surface area contributed by atoms with Crippen molar-refractivity contribution in [2.75, 3.05) is 11.9 Å². The lowest BCUT2D eigenvalue weighted by atomic mass is 10.3. The monoisotopic (exact) mass is 235 g/mol. The van der Waals surface area contributed by atoms with Gasteiger partial charge in [-0.05, 0) is 30.7 Å². The number of aromatic nitrogens is 2. The largest absolute Gasteiger partial charge is 0.383 e. The first-order valence-electron chi connectivity index (χ1n) is 5.22. The molecule has 1 aromatic carbocycles. The summed E-state index contributed by atoms with van der Waals surface area (Å²) in [7, 11) is 0. The molecule has 0 saturated carbocycles. The number of rotatable bonds is 4. The topological polar surface area (TPSA) is 29.9 Å². The molecule has 4 heteroatoms. The molecule has 0 unspecified atom stereocenters. The van der Waals surface area contributed by atoms with Gasteiger partial charge < -0.3 is 5.32 Å². The Morgan fingerprint density at radius 3 is 3.00 bits per heavy atom. The van der Waals surface area contributed by atoms with E-state index in [4.69, 9.17) is 11.6 Å². The Labute approximate surface area is 100 Å². The summed E-state index contributed by atoms with van der Waals surface area (Å²) >= 11 is 5.89. The van der Waals surface area contributed by atoms with Crippen LogP contribution in [0, 0.1) is 6.92 Å². The highest BCUT2D eigenvalue weighted by Crippen LogP contribution is 2.14. The van der Waals surface area contributed by atoms with Crippen molar-refractivity contribution in [3.63, 3.8) is 0 Å². The van der Waals surface area contributed by atoms with E-state index in [-0.39, 0.29) is 0 Å². The molecule has 0 spiro atoms. The zero-order valence-electron chi connectivity index (χ0n) is 9.15. The van der Waals surface area contributed by atoms with Gasteiger partial charge in [-0.25, -0.2) is 0 Å². The van der Waals surface area contributed by atoms with Gasteiger partial charge in [0.15, 0.2) is 0 Å². The van der Waals surface area contributed by atoms with E-state index < -0.39 is 0 Å². The molecule has 1 N–H and O–H groups in total. The van der Waals surface area contributed by atoms with Crippen LogP contribution in [0.1, 0.15) is 5.56 Å². The van der Waals surface area contributed by atoms with Gasteiger partial charge in [0, 0.05) is 23.5 Å². The minimum atomic E-state index is 0.750. The predicted octanol–water partition coefficient (Wildman–Crippen LogP) is 2.96. The van der Waals surface area contributed by atoms with Crippen molar-refractivity contribution in [3.05, 3.63) is 47.2 Å². The van der Waals surface area contributed by atoms with Gasteiger partial charge >= 0.3 is 0 Å². The van der Waals surface area contributed by atoms with Gasteiger partial charge in [0.05, 0.1) is 12.7 Å². The summed E-state index contributed by atoms with van der Waals surface area (Å²) in [5.41, 5.74) is 2.22. The van der Waals surface area contributed by atoms with Crippen LogP contribution in [0.2, 0.25) is 5.02 Å². The van der Waals surface area contributed by atoms with Crippen LogP contribution in [0.5, 0.6) is 0 Å². The molecule has 16 heavy (non-hydrogen) atoms. The van der Waals surface area contributed by atoms with Crippen LogP contribution >= 0.6 is 11.6 Å². The fourth-order valence-electron chi connectivity index (χ4n) is 1.50. The Kier molecular flexibility index (Phi) is 3.47. The molecule has 2 aromatic rings. The van der Waals surface area contributed by atoms with E-state index >= 15 is 0 Å². The Balaban J connectivity index is 1.84. The molecular formula is C12H14ClN3. The van der Waals surface area contributed by atoms with Crippen molar-refractivity contribution >= 4 is 17.3 Å². The van der Waals surface area contributed by atoms with Crippen LogP contribution in [-0.4, -0.2) is 16.3 Å². The van der Waals surface area contributed by atoms with Crippen molar-refractivity contribution in [1.82, 2.24) is 9.78 Å². The highest BCUT2D eigenvalue weighted by molar-refractivity contribution is 6.30. The number of anilines is 1. The second-order valence-electron chi connectivity index (χ2n) is 3.72. The summed E-state index contributed by atoms with van der Waals surface area (Å²) in [5, 5.41) is 8.26. The number of hydrogen-bond acceptors (Lipinski definition) is 2. The summed E-state index contributed by atoms with van der Waals surface area (Å²) in [4.78, 5) is 0. The highest BCUT2D eigenvalue weighted by Gasteiger charge is 1.95. The summed E-state index contributed by atoms with van der Waals surface area (Å²) in [6, 6.07) is 7.71. The first-order valence-corrected chi connectivity index (χ1v) is 5.60. The molecule has 1 heterocycles. The Bertz CT molecular complexity index is 465. The zero-order chi connectivity index (χ0) is 11.4. The molecule has 0 atom stereocenters. The minimum absolute atomic E-state index is 0.750. The smallest absolute Gasteiger partial charge is 0.0582 e. The van der Waals surface area contributed by atoms with Crippen LogP contribution in [0.25, 0.3) is 0 Å². The van der Waals surface area contributed by atoms with Gasteiger partial charge in [0.25, 0.3) is 0 Å². The summed E-state index contributed by atoms with van der Waals surface area (Å²) in [5.74, 6) is 0. The minimum Gasteiger partial charge on any atom is -0.383 e. The number of nitrogens with zero attached hydrogens (tertiary/aromatic N) is 2. The average molecular weight is 236 g/mol. The van der Waals surface area contributed by atoms with Crippen LogP contribution in [-0.2, 0) is 6.54 Å². The van der Waals surface area contributed by atoms with E-state index in [1.165, 1.54) is 5.56 Å². The molecule has 0 saturated heterocycles. The van der Waals surface area contributed by atoms with Crippen molar-refractivity contribution in [2.45, 2.75) is 13.5 Å². The van der Waals surface area contributed by atoms with E-state index in [1.807, 2.05) is 48.3 Å². The van der Waals surface area contributed by atoms with Gasteiger partial charge in [-0.1, -0.05) is 17.7 Å². The molecule has 0 amide bonds. The van der Waals surface area contributed by atoms with E-state index in [0.717, 1.165) is 23.8 Å². The van der Waals surface area contributed by atoms with Gasteiger partial charge in [0.1, 0.15) is 0 Å². The summed E-state index contributed by atoms with van der Waals surface area (Å²) in [6.45, 7) is 3.72. The lowest BCUT2D eigenvalue weighted by Crippen LogP contribution is -2.10. The van der Waals surface area contributed by atoms with Crippen molar-refractivity contribution < 1.29 is 0 Å². The SMILES string of the molecule is Cc1cnn(CCNc2cccc(Cl)c2)c1. The second-order valence-corrected chi connectivity index (χ2v) is 4.15. The molecule has 0 aliphatic rings. The Hall–Kier alpha value is -1.48. The maximum absolute atomic E-state index is 5.89. The Morgan fingerprint density at radius 1 is 1.44 bits per heavy atom. The van der Waals surface area contributed by atoms with Crippen molar-refractivity contribution in [3.8, 4) is 0 Å². The zero-order valence-corrected chi connectivity index (χ0v) is 9.91. The fraction of sp³-hybridized carbons (Fsp3) is 0.250. The van der Waals surface area contributed by atoms with Gasteiger partial charge in [0.2, 0.25) is 0 Å². The van der Waals surface area contributed by atoms with Crippen LogP contribution < -0.4 is 5.32 Å². The molecule has 0 aliphatic heterocycles. The van der Waals surface area contributed by atoms with E-state index in [0.29, 0.717) is 0 Å². The van der Waals surface area contributed by atoms with Crippen LogP contribution in [0.3, 0.4) is 0 Å². The number of nitrogens with one attached hydrogen (secondary N) is 1. The average Bonchev–Trinajstić information content (AvgIpc) is 2.64. The molecule has 3 nitrogen and oxygen atoms in total. The lowest BCUT2D eigenvalue weighted by Gasteiger charge is -2.06. The number of hydrogen-bond donors (Lipinski definition) is 1. The van der Waals surface area contributed by atoms with Crippen molar-refractivity contribution in [2.24, 2.45) is 0 Å². The number of aryl methyl sites for hydroxylation is 1. The highest BCUT2D eigenvalue weighted by atomic mass is 35.5. The van der Waals surface area contributed by atoms with E-state index in [2.05, 4.69) is 10.4 Å². The second kappa shape index (κ2) is 5.03. The molecule has 0 radical (unpaired) electrons. The fourth-order valence-corrected chi connectivity index (χ4v) is 1.69. The van der Waals surface area contributed by atoms with E-state index in [1.54, 1.807) is 0 Å². The molecule has 84 valence electrons. The molecule has 0 bridgehead atoms. The molecule has 2 rings (SSSR count). The summed E-state index contributed by atoms with van der Waals surface area (Å²) < 4.78 is 1.92. The standard InChI is InChI=1S/C12H14ClN3/c1-10-8-15-16(9-10)6-5-14-12-4-2-3-11(13)7-12/h2-4,7-9,14H,5-6H2,1H3. The third-order valence-electron chi connectivity index (χ3n) is 2.26. The Morgan fingerprint density at radius 2 is 2.31 bits per heavy atom.